The molecule has 17 heteroatoms. The Hall–Kier alpha value is -3.99. The number of carbonyl (C=O) groups is 1. The van der Waals surface area contributed by atoms with E-state index in [-0.39, 0.29) is 29.1 Å². The van der Waals surface area contributed by atoms with Gasteiger partial charge in [-0.05, 0) is 36.8 Å². The first-order valence-electron chi connectivity index (χ1n) is 11.6. The molecule has 1 unspecified atom stereocenters. The van der Waals surface area contributed by atoms with Crippen LogP contribution < -0.4 is 5.32 Å². The second-order valence-corrected chi connectivity index (χ2v) is 10.7. The first-order chi connectivity index (χ1) is 19.1. The molecule has 0 spiro atoms. The molecule has 9 nitrogen and oxygen atoms in total. The number of alkyl halides is 6. The molecule has 1 fully saturated rings. The Morgan fingerprint density at radius 1 is 1.02 bits per heavy atom. The number of hydrogen-bond donors (Lipinski definition) is 1. The van der Waals surface area contributed by atoms with Crippen molar-refractivity contribution < 1.29 is 43.9 Å². The van der Waals surface area contributed by atoms with Crippen molar-refractivity contribution in [2.45, 2.75) is 36.3 Å². The van der Waals surface area contributed by atoms with Gasteiger partial charge in [0.2, 0.25) is 27.6 Å². The van der Waals surface area contributed by atoms with Crippen molar-refractivity contribution >= 4 is 15.9 Å². The summed E-state index contributed by atoms with van der Waals surface area (Å²) in [6.45, 7) is 2.91. The fourth-order valence-corrected chi connectivity index (χ4v) is 5.77. The van der Waals surface area contributed by atoms with Crippen LogP contribution >= 0.6 is 0 Å². The number of amides is 1. The maximum atomic E-state index is 13.5. The van der Waals surface area contributed by atoms with Crippen molar-refractivity contribution in [2.24, 2.45) is 5.92 Å². The third-order valence-electron chi connectivity index (χ3n) is 6.07. The molecular weight excluding hydrogens is 585 g/mol. The number of aromatic nitrogens is 4. The minimum Gasteiger partial charge on any atom is -0.349 e. The lowest BCUT2D eigenvalue weighted by Gasteiger charge is -2.25. The molecule has 0 saturated carbocycles. The predicted octanol–water partition coefficient (Wildman–Crippen LogP) is 3.99. The van der Waals surface area contributed by atoms with Gasteiger partial charge in [0.25, 0.3) is 0 Å². The largest absolute Gasteiger partial charge is 0.451 e. The van der Waals surface area contributed by atoms with Crippen LogP contribution in [0.25, 0.3) is 11.3 Å². The van der Waals surface area contributed by atoms with Crippen molar-refractivity contribution in [3.05, 3.63) is 78.5 Å². The highest BCUT2D eigenvalue weighted by molar-refractivity contribution is 7.89. The number of benzene rings is 1. The van der Waals surface area contributed by atoms with Gasteiger partial charge in [-0.15, -0.1) is 6.58 Å². The van der Waals surface area contributed by atoms with Gasteiger partial charge >= 0.3 is 12.4 Å². The van der Waals surface area contributed by atoms with Crippen LogP contribution in [-0.2, 0) is 33.7 Å². The Morgan fingerprint density at radius 3 is 2.20 bits per heavy atom. The zero-order valence-electron chi connectivity index (χ0n) is 20.6. The molecule has 218 valence electrons. The molecule has 1 saturated heterocycles. The van der Waals surface area contributed by atoms with Crippen molar-refractivity contribution in [1.29, 1.82) is 0 Å². The molecule has 2 atom stereocenters. The highest BCUT2D eigenvalue weighted by atomic mass is 32.2. The maximum Gasteiger partial charge on any atom is 0.451 e. The molecule has 1 N–H and O–H groups in total. The zero-order chi connectivity index (χ0) is 30.2. The number of halogens is 7. The average Bonchev–Trinajstić information content (AvgIpc) is 3.36. The second kappa shape index (κ2) is 11.1. The predicted molar refractivity (Wildman–Crippen MR) is 127 cm³/mol. The lowest BCUT2D eigenvalue weighted by atomic mass is 10.0. The summed E-state index contributed by atoms with van der Waals surface area (Å²) >= 11 is 0. The monoisotopic (exact) mass is 604 g/mol. The van der Waals surface area contributed by atoms with E-state index in [4.69, 9.17) is 0 Å². The summed E-state index contributed by atoms with van der Waals surface area (Å²) in [4.78, 5) is 25.9. The molecule has 1 aliphatic rings. The van der Waals surface area contributed by atoms with E-state index in [1.165, 1.54) is 6.08 Å². The summed E-state index contributed by atoms with van der Waals surface area (Å²) in [6.07, 6.45) is -7.05. The van der Waals surface area contributed by atoms with E-state index in [1.807, 2.05) is 0 Å². The minimum absolute atomic E-state index is 0.0850. The van der Waals surface area contributed by atoms with E-state index in [9.17, 15) is 43.9 Å². The summed E-state index contributed by atoms with van der Waals surface area (Å²) in [6, 6.07) is 3.62. The fourth-order valence-electron chi connectivity index (χ4n) is 4.12. The third-order valence-corrected chi connectivity index (χ3v) is 7.96. The Kier molecular flexibility index (Phi) is 8.13. The number of sulfonamides is 1. The van der Waals surface area contributed by atoms with Gasteiger partial charge in [-0.3, -0.25) is 4.79 Å². The van der Waals surface area contributed by atoms with E-state index >= 15 is 0 Å². The molecule has 1 aliphatic heterocycles. The SMILES string of the molecule is C=CC1CCN(S(=O)(=O)c2ccc(F)cc2)[C@@H]1C(=O)NCc1cc(-c2cnc(C(F)(F)F)nc2)nc(C(F)(F)F)n1. The molecule has 1 aromatic carbocycles. The van der Waals surface area contributed by atoms with Crippen molar-refractivity contribution in [1.82, 2.24) is 29.6 Å². The highest BCUT2D eigenvalue weighted by Crippen LogP contribution is 2.32. The maximum absolute atomic E-state index is 13.5. The molecule has 0 aliphatic carbocycles. The molecule has 3 heterocycles. The third kappa shape index (κ3) is 6.51. The summed E-state index contributed by atoms with van der Waals surface area (Å²) in [5.74, 6) is -5.34. The smallest absolute Gasteiger partial charge is 0.349 e. The van der Waals surface area contributed by atoms with E-state index in [0.717, 1.165) is 34.6 Å². The molecule has 3 aromatic rings. The molecule has 0 bridgehead atoms. The molecule has 4 rings (SSSR count). The normalized spacial score (nSPS) is 18.3. The van der Waals surface area contributed by atoms with Crippen LogP contribution in [0.2, 0.25) is 0 Å². The van der Waals surface area contributed by atoms with Gasteiger partial charge in [0, 0.05) is 30.4 Å². The number of nitrogens with zero attached hydrogens (tertiary/aromatic N) is 5. The number of carbonyl (C=O) groups excluding carboxylic acids is 1. The van der Waals surface area contributed by atoms with Crippen LogP contribution in [0.15, 0.2) is 60.3 Å². The Bertz CT molecular complexity index is 1550. The lowest BCUT2D eigenvalue weighted by molar-refractivity contribution is -0.145. The van der Waals surface area contributed by atoms with E-state index in [2.05, 4.69) is 31.8 Å². The van der Waals surface area contributed by atoms with Gasteiger partial charge in [-0.25, -0.2) is 32.7 Å². The Morgan fingerprint density at radius 2 is 1.63 bits per heavy atom. The number of nitrogens with one attached hydrogen (secondary N) is 1. The Labute approximate surface area is 228 Å². The van der Waals surface area contributed by atoms with Gasteiger partial charge < -0.3 is 5.32 Å². The van der Waals surface area contributed by atoms with Gasteiger partial charge in [0.05, 0.1) is 22.8 Å². The van der Waals surface area contributed by atoms with Crippen LogP contribution in [0, 0.1) is 11.7 Å². The van der Waals surface area contributed by atoms with Crippen molar-refractivity contribution in [3.8, 4) is 11.3 Å². The fraction of sp³-hybridized carbons (Fsp3) is 0.292. The van der Waals surface area contributed by atoms with E-state index in [1.54, 1.807) is 0 Å². The summed E-state index contributed by atoms with van der Waals surface area (Å²) in [7, 11) is -4.27. The van der Waals surface area contributed by atoms with Crippen molar-refractivity contribution in [3.63, 3.8) is 0 Å². The first-order valence-corrected chi connectivity index (χ1v) is 13.1. The minimum atomic E-state index is -5.05. The first kappa shape index (κ1) is 30.0. The van der Waals surface area contributed by atoms with Gasteiger partial charge in [-0.2, -0.15) is 30.6 Å². The Balaban J connectivity index is 1.61. The summed E-state index contributed by atoms with van der Waals surface area (Å²) in [5.41, 5.74) is -1.12. The van der Waals surface area contributed by atoms with E-state index < -0.39 is 69.9 Å². The topological polar surface area (TPSA) is 118 Å². The van der Waals surface area contributed by atoms with Crippen LogP contribution in [0.3, 0.4) is 0 Å². The second-order valence-electron chi connectivity index (χ2n) is 8.78. The van der Waals surface area contributed by atoms with Crippen molar-refractivity contribution in [2.75, 3.05) is 6.54 Å². The summed E-state index contributed by atoms with van der Waals surface area (Å²) in [5, 5.41) is 2.36. The molecule has 2 aromatic heterocycles. The number of hydrogen-bond acceptors (Lipinski definition) is 7. The quantitative estimate of drug-likeness (QED) is 0.320. The van der Waals surface area contributed by atoms with Crippen LogP contribution in [0.1, 0.15) is 23.8 Å². The van der Waals surface area contributed by atoms with Gasteiger partial charge in [0.15, 0.2) is 0 Å². The standard InChI is InChI=1S/C24H19F7N6O3S/c1-2-13-7-8-37(41(39,40)17-5-3-15(25)4-6-17)19(13)20(38)32-12-16-9-18(36-22(35-16)24(29,30)31)14-10-33-21(34-11-14)23(26,27)28/h2-6,9-11,13,19H,1,7-8,12H2,(H,32,38)/t13?,19-/m0/s1. The highest BCUT2D eigenvalue weighted by Gasteiger charge is 2.44. The molecule has 41 heavy (non-hydrogen) atoms. The van der Waals surface area contributed by atoms with Gasteiger partial charge in [-0.1, -0.05) is 6.08 Å². The lowest BCUT2D eigenvalue weighted by Crippen LogP contribution is -2.48. The molecular formula is C24H19F7N6O3S. The zero-order valence-corrected chi connectivity index (χ0v) is 21.4. The summed E-state index contributed by atoms with van der Waals surface area (Å²) < 4.78 is 119. The molecule has 0 radical (unpaired) electrons. The van der Waals surface area contributed by atoms with Crippen LogP contribution in [-0.4, -0.2) is 51.2 Å². The average molecular weight is 605 g/mol. The number of rotatable bonds is 7. The van der Waals surface area contributed by atoms with Crippen LogP contribution in [0.4, 0.5) is 30.7 Å². The van der Waals surface area contributed by atoms with Gasteiger partial charge in [0.1, 0.15) is 11.9 Å². The molecule has 1 amide bonds. The van der Waals surface area contributed by atoms with Crippen LogP contribution in [0.5, 0.6) is 0 Å². The van der Waals surface area contributed by atoms with E-state index in [0.29, 0.717) is 12.4 Å².